The van der Waals surface area contributed by atoms with Gasteiger partial charge in [0.25, 0.3) is 0 Å². The fourth-order valence-corrected chi connectivity index (χ4v) is 4.98. The van der Waals surface area contributed by atoms with Crippen molar-refractivity contribution in [3.8, 4) is 17.0 Å². The number of methoxy groups -OCH3 is 1. The van der Waals surface area contributed by atoms with E-state index in [2.05, 4.69) is 15.3 Å². The highest BCUT2D eigenvalue weighted by Gasteiger charge is 2.25. The first kappa shape index (κ1) is 25.9. The van der Waals surface area contributed by atoms with Crippen LogP contribution in [0.1, 0.15) is 35.5 Å². The van der Waals surface area contributed by atoms with Crippen molar-refractivity contribution in [3.63, 3.8) is 0 Å². The van der Waals surface area contributed by atoms with Crippen molar-refractivity contribution in [1.29, 1.82) is 5.41 Å². The molecule has 1 aromatic heterocycles. The molecule has 0 radical (unpaired) electrons. The van der Waals surface area contributed by atoms with Crippen LogP contribution in [0.4, 0.5) is 10.1 Å². The van der Waals surface area contributed by atoms with E-state index in [1.807, 2.05) is 6.92 Å². The number of aromatic nitrogens is 2. The van der Waals surface area contributed by atoms with E-state index in [9.17, 15) is 8.42 Å². The summed E-state index contributed by atoms with van der Waals surface area (Å²) in [5, 5.41) is 10.9. The number of hydrogen-bond acceptors (Lipinski definition) is 6. The molecular weight excluding hydrogens is 493 g/mol. The van der Waals surface area contributed by atoms with Crippen molar-refractivity contribution < 1.29 is 17.5 Å². The number of nitrogens with zero attached hydrogens (tertiary/aromatic N) is 1. The lowest BCUT2D eigenvalue weighted by Gasteiger charge is -2.21. The third kappa shape index (κ3) is 5.49. The van der Waals surface area contributed by atoms with Crippen LogP contribution < -0.4 is 15.8 Å². The molecule has 37 heavy (non-hydrogen) atoms. The summed E-state index contributed by atoms with van der Waals surface area (Å²) in [5.41, 5.74) is 8.90. The average molecular weight is 522 g/mol. The molecule has 10 heteroatoms. The second kappa shape index (κ2) is 10.4. The lowest BCUT2D eigenvalue weighted by Crippen LogP contribution is -2.17. The molecule has 1 unspecified atom stereocenters. The number of amidine groups is 1. The molecule has 0 saturated heterocycles. The average Bonchev–Trinajstić information content (AvgIpc) is 3.37. The van der Waals surface area contributed by atoms with Crippen LogP contribution in [0.3, 0.4) is 0 Å². The third-order valence-electron chi connectivity index (χ3n) is 6.02. The Balaban J connectivity index is 1.85. The molecule has 5 N–H and O–H groups in total. The van der Waals surface area contributed by atoms with Gasteiger partial charge in [-0.15, -0.1) is 0 Å². The Labute approximate surface area is 215 Å². The van der Waals surface area contributed by atoms with E-state index >= 15 is 4.39 Å². The number of aromatic amines is 1. The number of nitrogens with one attached hydrogen (secondary N) is 3. The minimum Gasteiger partial charge on any atom is -0.494 e. The second-order valence-corrected chi connectivity index (χ2v) is 10.6. The Hall–Kier alpha value is -4.18. The summed E-state index contributed by atoms with van der Waals surface area (Å²) in [6.45, 7) is 1.96. The molecule has 0 fully saturated rings. The maximum absolute atomic E-state index is 15.6. The standard InChI is InChI=1S/C27H28FN5O3S/c1-4-16-13-20(24(28)22(14-16)36-2)25(32-18-11-9-17(10-12-18)26(29)30)27-31-15-21(33-27)19-7-5-6-8-23(19)37(3,34)35/h5-15,25,32H,4H2,1-3H3,(H3,29,30)(H,31,33). The van der Waals surface area contributed by atoms with Gasteiger partial charge in [0.05, 0.1) is 23.9 Å². The molecule has 4 aromatic rings. The number of hydrogen-bond donors (Lipinski definition) is 4. The summed E-state index contributed by atoms with van der Waals surface area (Å²) in [6, 6.07) is 16.1. The van der Waals surface area contributed by atoms with Gasteiger partial charge in [-0.05, 0) is 48.4 Å². The van der Waals surface area contributed by atoms with Crippen molar-refractivity contribution in [1.82, 2.24) is 9.97 Å². The molecule has 0 aliphatic carbocycles. The quantitative estimate of drug-likeness (QED) is 0.187. The van der Waals surface area contributed by atoms with Gasteiger partial charge < -0.3 is 20.8 Å². The molecule has 0 amide bonds. The number of benzene rings is 3. The first-order valence-corrected chi connectivity index (χ1v) is 13.4. The molecule has 0 aliphatic heterocycles. The third-order valence-corrected chi connectivity index (χ3v) is 7.17. The predicted octanol–water partition coefficient (Wildman–Crippen LogP) is 4.68. The van der Waals surface area contributed by atoms with E-state index in [0.29, 0.717) is 40.3 Å². The highest BCUT2D eigenvalue weighted by Crippen LogP contribution is 2.34. The van der Waals surface area contributed by atoms with E-state index in [1.165, 1.54) is 19.4 Å². The van der Waals surface area contributed by atoms with Crippen LogP contribution >= 0.6 is 0 Å². The maximum Gasteiger partial charge on any atom is 0.176 e. The zero-order chi connectivity index (χ0) is 26.7. The van der Waals surface area contributed by atoms with Gasteiger partial charge in [-0.3, -0.25) is 5.41 Å². The van der Waals surface area contributed by atoms with E-state index in [1.54, 1.807) is 54.6 Å². The fourth-order valence-electron chi connectivity index (χ4n) is 4.08. The van der Waals surface area contributed by atoms with Gasteiger partial charge in [0, 0.05) is 28.6 Å². The Morgan fingerprint density at radius 1 is 1.19 bits per heavy atom. The first-order valence-electron chi connectivity index (χ1n) is 11.5. The number of imidazole rings is 1. The highest BCUT2D eigenvalue weighted by atomic mass is 32.2. The zero-order valence-electron chi connectivity index (χ0n) is 20.7. The van der Waals surface area contributed by atoms with E-state index < -0.39 is 21.7 Å². The first-order chi connectivity index (χ1) is 17.6. The molecule has 8 nitrogen and oxygen atoms in total. The predicted molar refractivity (Wildman–Crippen MR) is 142 cm³/mol. The van der Waals surface area contributed by atoms with Crippen molar-refractivity contribution >= 4 is 21.4 Å². The lowest BCUT2D eigenvalue weighted by molar-refractivity contribution is 0.383. The van der Waals surface area contributed by atoms with Gasteiger partial charge in [0.2, 0.25) is 0 Å². The summed E-state index contributed by atoms with van der Waals surface area (Å²) < 4.78 is 45.6. The molecule has 0 bridgehead atoms. The maximum atomic E-state index is 15.6. The Morgan fingerprint density at radius 2 is 1.89 bits per heavy atom. The van der Waals surface area contributed by atoms with Gasteiger partial charge in [-0.25, -0.2) is 17.8 Å². The minimum absolute atomic E-state index is 0.0604. The number of aryl methyl sites for hydroxylation is 1. The Bertz CT molecular complexity index is 1550. The second-order valence-electron chi connectivity index (χ2n) is 8.57. The van der Waals surface area contributed by atoms with Gasteiger partial charge in [-0.1, -0.05) is 31.2 Å². The van der Waals surface area contributed by atoms with Crippen molar-refractivity contribution in [3.05, 3.63) is 95.2 Å². The molecule has 1 atom stereocenters. The molecule has 0 aliphatic rings. The van der Waals surface area contributed by atoms with E-state index in [0.717, 1.165) is 11.8 Å². The van der Waals surface area contributed by atoms with Crippen LogP contribution in [-0.2, 0) is 16.3 Å². The molecular formula is C27H28FN5O3S. The molecule has 4 rings (SSSR count). The minimum atomic E-state index is -3.50. The van der Waals surface area contributed by atoms with Crippen molar-refractivity contribution in [2.24, 2.45) is 5.73 Å². The fraction of sp³-hybridized carbons (Fsp3) is 0.185. The zero-order valence-corrected chi connectivity index (χ0v) is 21.5. The van der Waals surface area contributed by atoms with Crippen LogP contribution in [0.15, 0.2) is 71.8 Å². The monoisotopic (exact) mass is 521 g/mol. The highest BCUT2D eigenvalue weighted by molar-refractivity contribution is 7.90. The van der Waals surface area contributed by atoms with Crippen LogP contribution in [0.5, 0.6) is 5.75 Å². The Morgan fingerprint density at radius 3 is 2.51 bits per heavy atom. The van der Waals surface area contributed by atoms with E-state index in [-0.39, 0.29) is 16.5 Å². The normalized spacial score (nSPS) is 12.2. The molecule has 1 heterocycles. The van der Waals surface area contributed by atoms with Gasteiger partial charge in [0.1, 0.15) is 17.7 Å². The molecule has 192 valence electrons. The summed E-state index contributed by atoms with van der Waals surface area (Å²) >= 11 is 0. The Kier molecular flexibility index (Phi) is 7.30. The van der Waals surface area contributed by atoms with Crippen molar-refractivity contribution in [2.45, 2.75) is 24.3 Å². The smallest absolute Gasteiger partial charge is 0.176 e. The molecule has 0 spiro atoms. The van der Waals surface area contributed by atoms with Crippen LogP contribution in [0.25, 0.3) is 11.3 Å². The van der Waals surface area contributed by atoms with Crippen LogP contribution in [-0.4, -0.2) is 37.6 Å². The van der Waals surface area contributed by atoms with Gasteiger partial charge in [-0.2, -0.15) is 0 Å². The summed E-state index contributed by atoms with van der Waals surface area (Å²) in [6.07, 6.45) is 3.34. The number of ether oxygens (including phenoxy) is 1. The van der Waals surface area contributed by atoms with Crippen LogP contribution in [0.2, 0.25) is 0 Å². The largest absolute Gasteiger partial charge is 0.494 e. The molecule has 3 aromatic carbocycles. The summed E-state index contributed by atoms with van der Waals surface area (Å²) in [7, 11) is -2.08. The van der Waals surface area contributed by atoms with Crippen molar-refractivity contribution in [2.75, 3.05) is 18.7 Å². The summed E-state index contributed by atoms with van der Waals surface area (Å²) in [5.74, 6) is -0.104. The number of anilines is 1. The van der Waals surface area contributed by atoms with Gasteiger partial charge >= 0.3 is 0 Å². The van der Waals surface area contributed by atoms with Gasteiger partial charge in [0.15, 0.2) is 21.4 Å². The number of sulfone groups is 1. The topological polar surface area (TPSA) is 134 Å². The number of nitrogens with two attached hydrogens (primary N) is 1. The number of halogens is 1. The number of nitrogen functional groups attached to an aromatic ring is 1. The SMILES string of the molecule is CCc1cc(OC)c(F)c(C(Nc2ccc(C(=N)N)cc2)c2ncc(-c3ccccc3S(C)(=O)=O)[nH]2)c1. The van der Waals surface area contributed by atoms with E-state index in [4.69, 9.17) is 15.9 Å². The van der Waals surface area contributed by atoms with Crippen LogP contribution in [0, 0.1) is 11.2 Å². The molecule has 0 saturated carbocycles. The lowest BCUT2D eigenvalue weighted by atomic mass is 10.00. The number of rotatable bonds is 9. The summed E-state index contributed by atoms with van der Waals surface area (Å²) in [4.78, 5) is 7.87. The number of H-pyrrole nitrogens is 1.